The van der Waals surface area contributed by atoms with Gasteiger partial charge in [0.25, 0.3) is 0 Å². The van der Waals surface area contributed by atoms with E-state index in [-0.39, 0.29) is 17.6 Å². The zero-order valence-electron chi connectivity index (χ0n) is 14.5. The highest BCUT2D eigenvalue weighted by molar-refractivity contribution is 6.13. The van der Waals surface area contributed by atoms with Gasteiger partial charge in [0.15, 0.2) is 5.78 Å². The van der Waals surface area contributed by atoms with Gasteiger partial charge in [-0.3, -0.25) is 14.4 Å². The lowest BCUT2D eigenvalue weighted by molar-refractivity contribution is -0.138. The Hall–Kier alpha value is -2.41. The van der Waals surface area contributed by atoms with Crippen molar-refractivity contribution in [2.24, 2.45) is 17.3 Å². The van der Waals surface area contributed by atoms with E-state index in [1.165, 1.54) is 7.05 Å². The molecule has 0 bridgehead atoms. The highest BCUT2D eigenvalue weighted by Gasteiger charge is 2.72. The Morgan fingerprint density at radius 2 is 1.84 bits per heavy atom. The average molecular weight is 345 g/mol. The second-order valence-corrected chi connectivity index (χ2v) is 6.71. The zero-order chi connectivity index (χ0) is 18.2. The van der Waals surface area contributed by atoms with Gasteiger partial charge in [0, 0.05) is 31.4 Å². The van der Waals surface area contributed by atoms with Crippen molar-refractivity contribution in [1.82, 2.24) is 10.2 Å². The van der Waals surface area contributed by atoms with Crippen LogP contribution in [0.4, 0.5) is 5.69 Å². The highest BCUT2D eigenvalue weighted by Crippen LogP contribution is 2.61. The van der Waals surface area contributed by atoms with Crippen LogP contribution in [0.15, 0.2) is 24.3 Å². The number of morpholine rings is 1. The smallest absolute Gasteiger partial charge is 0.227 e. The lowest BCUT2D eigenvalue weighted by atomic mass is 9.91. The molecular formula is C18H23N3O4. The van der Waals surface area contributed by atoms with Gasteiger partial charge in [0.2, 0.25) is 11.8 Å². The molecule has 134 valence electrons. The topological polar surface area (TPSA) is 102 Å². The van der Waals surface area contributed by atoms with Crippen LogP contribution in [0.1, 0.15) is 17.3 Å². The fourth-order valence-corrected chi connectivity index (χ4v) is 3.75. The molecular weight excluding hydrogens is 322 g/mol. The quantitative estimate of drug-likeness (QED) is 0.604. The lowest BCUT2D eigenvalue weighted by Gasteiger charge is -2.27. The van der Waals surface area contributed by atoms with Gasteiger partial charge in [-0.05, 0) is 12.1 Å². The number of Topliss-reactive ketones (excluding diaryl/α,β-unsaturated/α-hetero) is 1. The van der Waals surface area contributed by atoms with Gasteiger partial charge in [-0.25, -0.2) is 0 Å². The van der Waals surface area contributed by atoms with Crippen LogP contribution in [0, 0.1) is 17.3 Å². The van der Waals surface area contributed by atoms with Gasteiger partial charge < -0.3 is 20.7 Å². The molecule has 2 fully saturated rings. The third kappa shape index (κ3) is 2.78. The number of anilines is 1. The largest absolute Gasteiger partial charge is 0.398 e. The maximum absolute atomic E-state index is 13.1. The number of nitrogens with two attached hydrogens (primary N) is 1. The molecule has 0 unspecified atom stereocenters. The van der Waals surface area contributed by atoms with Crippen LogP contribution in [0.3, 0.4) is 0 Å². The molecule has 2 amide bonds. The number of ketones is 1. The minimum absolute atomic E-state index is 0.165. The standard InChI is InChI=1S/C18H23N3O4/c1-18(15(22)11-5-3-4-6-12(11)19)13(16(23)20-2)14(18)17(24)21-7-9-25-10-8-21/h3-6,13-14H,7-10,19H2,1-2H3,(H,20,23)/t13-,14+,18+/m1/s1. The summed E-state index contributed by atoms with van der Waals surface area (Å²) in [7, 11) is 1.51. The summed E-state index contributed by atoms with van der Waals surface area (Å²) in [4.78, 5) is 40.1. The van der Waals surface area contributed by atoms with E-state index in [2.05, 4.69) is 5.32 Å². The van der Waals surface area contributed by atoms with Gasteiger partial charge >= 0.3 is 0 Å². The predicted molar refractivity (Wildman–Crippen MR) is 91.7 cm³/mol. The van der Waals surface area contributed by atoms with Crippen molar-refractivity contribution < 1.29 is 19.1 Å². The van der Waals surface area contributed by atoms with E-state index in [0.717, 1.165) is 0 Å². The summed E-state index contributed by atoms with van der Waals surface area (Å²) < 4.78 is 5.27. The van der Waals surface area contributed by atoms with E-state index in [9.17, 15) is 14.4 Å². The molecule has 1 aliphatic heterocycles. The van der Waals surface area contributed by atoms with Crippen molar-refractivity contribution in [2.75, 3.05) is 39.1 Å². The van der Waals surface area contributed by atoms with Gasteiger partial charge in [-0.2, -0.15) is 0 Å². The van der Waals surface area contributed by atoms with Crippen LogP contribution >= 0.6 is 0 Å². The molecule has 25 heavy (non-hydrogen) atoms. The molecule has 1 saturated heterocycles. The van der Waals surface area contributed by atoms with Crippen LogP contribution in [0.5, 0.6) is 0 Å². The summed E-state index contributed by atoms with van der Waals surface area (Å²) >= 11 is 0. The number of carbonyl (C=O) groups is 3. The Labute approximate surface area is 146 Å². The average Bonchev–Trinajstić information content (AvgIpc) is 3.28. The minimum atomic E-state index is -1.08. The Balaban J connectivity index is 1.91. The number of amides is 2. The first kappa shape index (κ1) is 17.4. The van der Waals surface area contributed by atoms with E-state index in [4.69, 9.17) is 10.5 Å². The number of rotatable bonds is 4. The first-order chi connectivity index (χ1) is 11.9. The van der Waals surface area contributed by atoms with Gasteiger partial charge in [-0.15, -0.1) is 0 Å². The molecule has 3 N–H and O–H groups in total. The molecule has 3 rings (SSSR count). The third-order valence-electron chi connectivity index (χ3n) is 5.33. The third-order valence-corrected chi connectivity index (χ3v) is 5.33. The van der Waals surface area contributed by atoms with Crippen molar-refractivity contribution >= 4 is 23.3 Å². The van der Waals surface area contributed by atoms with Crippen LogP contribution in [0.2, 0.25) is 0 Å². The first-order valence-electron chi connectivity index (χ1n) is 8.40. The van der Waals surface area contributed by atoms with Crippen molar-refractivity contribution in [2.45, 2.75) is 6.92 Å². The Morgan fingerprint density at radius 3 is 2.44 bits per heavy atom. The van der Waals surface area contributed by atoms with Gasteiger partial charge in [0.05, 0.1) is 30.5 Å². The Kier molecular flexibility index (Phi) is 4.51. The fourth-order valence-electron chi connectivity index (χ4n) is 3.75. The second-order valence-electron chi connectivity index (χ2n) is 6.71. The summed E-state index contributed by atoms with van der Waals surface area (Å²) in [5, 5.41) is 2.57. The zero-order valence-corrected chi connectivity index (χ0v) is 14.5. The molecule has 7 heteroatoms. The number of nitrogens with zero attached hydrogens (tertiary/aromatic N) is 1. The molecule has 2 aliphatic rings. The van der Waals surface area contributed by atoms with E-state index >= 15 is 0 Å². The van der Waals surface area contributed by atoms with Crippen LogP contribution in [-0.4, -0.2) is 55.8 Å². The molecule has 1 heterocycles. The molecule has 1 aromatic carbocycles. The number of hydrogen-bond acceptors (Lipinski definition) is 5. The number of nitrogens with one attached hydrogen (secondary N) is 1. The fraction of sp³-hybridized carbons (Fsp3) is 0.500. The molecule has 0 spiro atoms. The van der Waals surface area contributed by atoms with Gasteiger partial charge in [0.1, 0.15) is 0 Å². The van der Waals surface area contributed by atoms with Crippen LogP contribution < -0.4 is 11.1 Å². The Morgan fingerprint density at radius 1 is 1.20 bits per heavy atom. The summed E-state index contributed by atoms with van der Waals surface area (Å²) in [5.41, 5.74) is 5.57. The minimum Gasteiger partial charge on any atom is -0.398 e. The van der Waals surface area contributed by atoms with Gasteiger partial charge in [-0.1, -0.05) is 19.1 Å². The molecule has 7 nitrogen and oxygen atoms in total. The highest BCUT2D eigenvalue weighted by atomic mass is 16.5. The molecule has 0 aromatic heterocycles. The number of benzene rings is 1. The van der Waals surface area contributed by atoms with E-state index in [1.54, 1.807) is 36.1 Å². The maximum Gasteiger partial charge on any atom is 0.227 e. The molecule has 0 radical (unpaired) electrons. The lowest BCUT2D eigenvalue weighted by Crippen LogP contribution is -2.42. The Bertz CT molecular complexity index is 714. The van der Waals surface area contributed by atoms with Crippen molar-refractivity contribution in [3.05, 3.63) is 29.8 Å². The summed E-state index contributed by atoms with van der Waals surface area (Å²) in [5.74, 6) is -2.07. The summed E-state index contributed by atoms with van der Waals surface area (Å²) in [6, 6.07) is 6.75. The van der Waals surface area contributed by atoms with Crippen molar-refractivity contribution in [1.29, 1.82) is 0 Å². The monoisotopic (exact) mass is 345 g/mol. The SMILES string of the molecule is CNC(=O)[C@H]1[C@@H](C(=O)N2CCOCC2)[C@@]1(C)C(=O)c1ccccc1N. The maximum atomic E-state index is 13.1. The summed E-state index contributed by atoms with van der Waals surface area (Å²) in [6.45, 7) is 3.59. The number of carbonyl (C=O) groups excluding carboxylic acids is 3. The van der Waals surface area contributed by atoms with E-state index in [1.807, 2.05) is 0 Å². The normalized spacial score (nSPS) is 28.3. The number of hydrogen-bond donors (Lipinski definition) is 2. The number of nitrogen functional groups attached to an aromatic ring is 1. The van der Waals surface area contributed by atoms with Crippen LogP contribution in [-0.2, 0) is 14.3 Å². The molecule has 1 saturated carbocycles. The molecule has 1 aliphatic carbocycles. The van der Waals surface area contributed by atoms with E-state index < -0.39 is 17.3 Å². The van der Waals surface area contributed by atoms with Crippen molar-refractivity contribution in [3.8, 4) is 0 Å². The molecule has 3 atom stereocenters. The predicted octanol–water partition coefficient (Wildman–Crippen LogP) is 0.309. The van der Waals surface area contributed by atoms with Crippen molar-refractivity contribution in [3.63, 3.8) is 0 Å². The molecule has 1 aromatic rings. The summed E-state index contributed by atoms with van der Waals surface area (Å²) in [6.07, 6.45) is 0. The van der Waals surface area contributed by atoms with E-state index in [0.29, 0.717) is 37.6 Å². The second kappa shape index (κ2) is 6.48. The first-order valence-corrected chi connectivity index (χ1v) is 8.40. The number of para-hydroxylation sites is 1. The number of ether oxygens (including phenoxy) is 1. The van der Waals surface area contributed by atoms with Crippen LogP contribution in [0.25, 0.3) is 0 Å².